The maximum Gasteiger partial charge on any atom is 0.251 e. The number of rotatable bonds is 8. The molecule has 27 heavy (non-hydrogen) atoms. The molecule has 0 radical (unpaired) electrons. The molecular weight excluding hydrogens is 360 g/mol. The highest BCUT2D eigenvalue weighted by molar-refractivity contribution is 7.89. The molecule has 144 valence electrons. The maximum absolute atomic E-state index is 12.9. The second kappa shape index (κ2) is 8.97. The van der Waals surface area contributed by atoms with Crippen LogP contribution in [0, 0.1) is 6.92 Å². The molecule has 0 saturated carbocycles. The molecule has 0 heterocycles. The zero-order chi connectivity index (χ0) is 20.0. The van der Waals surface area contributed by atoms with Crippen LogP contribution in [0.2, 0.25) is 0 Å². The van der Waals surface area contributed by atoms with Crippen molar-refractivity contribution in [2.24, 2.45) is 0 Å². The van der Waals surface area contributed by atoms with Gasteiger partial charge in [0.05, 0.1) is 4.90 Å². The van der Waals surface area contributed by atoms with Gasteiger partial charge in [0.25, 0.3) is 5.91 Å². The summed E-state index contributed by atoms with van der Waals surface area (Å²) >= 11 is 0. The largest absolute Gasteiger partial charge is 0.350 e. The van der Waals surface area contributed by atoms with Crippen molar-refractivity contribution in [1.29, 1.82) is 0 Å². The normalized spacial score (nSPS) is 11.6. The van der Waals surface area contributed by atoms with Crippen LogP contribution >= 0.6 is 0 Å². The Morgan fingerprint density at radius 1 is 1.11 bits per heavy atom. The lowest BCUT2D eigenvalue weighted by Crippen LogP contribution is -2.31. The average Bonchev–Trinajstić information content (AvgIpc) is 2.61. The van der Waals surface area contributed by atoms with E-state index in [1.807, 2.05) is 20.8 Å². The molecule has 2 aromatic rings. The van der Waals surface area contributed by atoms with Crippen LogP contribution in [-0.2, 0) is 16.6 Å². The highest BCUT2D eigenvalue weighted by Gasteiger charge is 2.23. The molecule has 2 rings (SSSR count). The fourth-order valence-corrected chi connectivity index (χ4v) is 3.96. The Morgan fingerprint density at radius 3 is 2.22 bits per heavy atom. The summed E-state index contributed by atoms with van der Waals surface area (Å²) < 4.78 is 27.3. The summed E-state index contributed by atoms with van der Waals surface area (Å²) in [5.74, 6) is -0.147. The maximum atomic E-state index is 12.9. The Morgan fingerprint density at radius 2 is 1.70 bits per heavy atom. The fraction of sp³-hybridized carbons (Fsp3) is 0.286. The topological polar surface area (TPSA) is 66.5 Å². The lowest BCUT2D eigenvalue weighted by atomic mass is 10.1. The minimum Gasteiger partial charge on any atom is -0.350 e. The zero-order valence-electron chi connectivity index (χ0n) is 16.0. The Kier molecular flexibility index (Phi) is 6.93. The number of hydrogen-bond acceptors (Lipinski definition) is 3. The predicted octanol–water partition coefficient (Wildman–Crippen LogP) is 3.51. The van der Waals surface area contributed by atoms with Crippen molar-refractivity contribution in [2.75, 3.05) is 6.54 Å². The summed E-state index contributed by atoms with van der Waals surface area (Å²) in [5, 5.41) is 2.83. The first-order chi connectivity index (χ1) is 12.7. The molecule has 1 amide bonds. The molecule has 1 N–H and O–H groups in total. The molecule has 0 bridgehead atoms. The Balaban J connectivity index is 2.21. The van der Waals surface area contributed by atoms with Gasteiger partial charge in [-0.3, -0.25) is 4.79 Å². The average molecular weight is 387 g/mol. The summed E-state index contributed by atoms with van der Waals surface area (Å²) in [7, 11) is -3.64. The van der Waals surface area contributed by atoms with E-state index in [9.17, 15) is 13.2 Å². The van der Waals surface area contributed by atoms with Gasteiger partial charge in [-0.05, 0) is 50.6 Å². The number of carbonyl (C=O) groups is 1. The van der Waals surface area contributed by atoms with Gasteiger partial charge in [-0.15, -0.1) is 6.58 Å². The molecule has 6 heteroatoms. The van der Waals surface area contributed by atoms with E-state index in [1.165, 1.54) is 4.31 Å². The van der Waals surface area contributed by atoms with E-state index in [0.717, 1.165) is 11.1 Å². The predicted molar refractivity (Wildman–Crippen MR) is 108 cm³/mol. The smallest absolute Gasteiger partial charge is 0.251 e. The Bertz CT molecular complexity index is 886. The quantitative estimate of drug-likeness (QED) is 0.706. The van der Waals surface area contributed by atoms with Gasteiger partial charge in [-0.1, -0.05) is 35.9 Å². The number of nitrogens with one attached hydrogen (secondary N) is 1. The number of carbonyl (C=O) groups excluding carboxylic acids is 1. The molecule has 5 nitrogen and oxygen atoms in total. The van der Waals surface area contributed by atoms with Gasteiger partial charge in [-0.25, -0.2) is 8.42 Å². The van der Waals surface area contributed by atoms with Crippen LogP contribution in [0.15, 0.2) is 66.1 Å². The van der Waals surface area contributed by atoms with Gasteiger partial charge in [0.1, 0.15) is 0 Å². The Hall–Kier alpha value is -2.44. The number of hydrogen-bond donors (Lipinski definition) is 1. The molecule has 2 aromatic carbocycles. The van der Waals surface area contributed by atoms with Gasteiger partial charge in [0.15, 0.2) is 0 Å². The first kappa shape index (κ1) is 20.9. The van der Waals surface area contributed by atoms with Gasteiger partial charge < -0.3 is 5.32 Å². The number of nitrogens with zero attached hydrogens (tertiary/aromatic N) is 1. The highest BCUT2D eigenvalue weighted by Crippen LogP contribution is 2.19. The van der Waals surface area contributed by atoms with Crippen LogP contribution < -0.4 is 5.32 Å². The van der Waals surface area contributed by atoms with Crippen LogP contribution in [0.3, 0.4) is 0 Å². The summed E-state index contributed by atoms with van der Waals surface area (Å²) in [6.07, 6.45) is 1.57. The first-order valence-corrected chi connectivity index (χ1v) is 10.3. The van der Waals surface area contributed by atoms with Crippen molar-refractivity contribution in [3.05, 3.63) is 77.9 Å². The van der Waals surface area contributed by atoms with E-state index in [1.54, 1.807) is 54.6 Å². The monoisotopic (exact) mass is 386 g/mol. The van der Waals surface area contributed by atoms with E-state index in [0.29, 0.717) is 5.56 Å². The van der Waals surface area contributed by atoms with E-state index < -0.39 is 10.0 Å². The lowest BCUT2D eigenvalue weighted by Gasteiger charge is -2.21. The lowest BCUT2D eigenvalue weighted by molar-refractivity contribution is 0.0943. The third kappa shape index (κ3) is 5.52. The minimum atomic E-state index is -3.64. The summed E-state index contributed by atoms with van der Waals surface area (Å²) in [6, 6.07) is 13.8. The molecule has 0 unspecified atom stereocenters. The van der Waals surface area contributed by atoms with Gasteiger partial charge in [0.2, 0.25) is 10.0 Å². The van der Waals surface area contributed by atoms with Crippen LogP contribution in [0.4, 0.5) is 0 Å². The van der Waals surface area contributed by atoms with Crippen molar-refractivity contribution < 1.29 is 13.2 Å². The van der Waals surface area contributed by atoms with Gasteiger partial charge in [0, 0.05) is 24.7 Å². The number of sulfonamides is 1. The molecule has 0 fully saturated rings. The molecule has 0 aromatic heterocycles. The molecule has 0 atom stereocenters. The zero-order valence-corrected chi connectivity index (χ0v) is 16.8. The summed E-state index contributed by atoms with van der Waals surface area (Å²) in [4.78, 5) is 12.3. The number of amides is 1. The van der Waals surface area contributed by atoms with Crippen molar-refractivity contribution in [2.45, 2.75) is 38.3 Å². The van der Waals surface area contributed by atoms with Crippen molar-refractivity contribution in [1.82, 2.24) is 9.62 Å². The third-order valence-electron chi connectivity index (χ3n) is 3.99. The molecule has 0 aliphatic heterocycles. The van der Waals surface area contributed by atoms with E-state index >= 15 is 0 Å². The first-order valence-electron chi connectivity index (χ1n) is 8.81. The molecule has 0 aliphatic carbocycles. The fourth-order valence-electron chi connectivity index (χ4n) is 2.56. The van der Waals surface area contributed by atoms with Crippen molar-refractivity contribution >= 4 is 15.9 Å². The molecule has 0 spiro atoms. The highest BCUT2D eigenvalue weighted by atomic mass is 32.2. The van der Waals surface area contributed by atoms with E-state index in [-0.39, 0.29) is 29.9 Å². The molecular formula is C21H26N2O3S. The second-order valence-corrected chi connectivity index (χ2v) is 8.66. The number of aryl methyl sites for hydroxylation is 1. The standard InChI is InChI=1S/C21H26N2O3S/c1-5-14-23(27(25,26)20-12-6-17(4)7-13-20)15-18-8-10-19(11-9-18)21(24)22-16(2)3/h5-13,16H,1,14-15H2,2-4H3,(H,22,24). The summed E-state index contributed by atoms with van der Waals surface area (Å²) in [5.41, 5.74) is 2.34. The van der Waals surface area contributed by atoms with Crippen LogP contribution in [-0.4, -0.2) is 31.2 Å². The van der Waals surface area contributed by atoms with Gasteiger partial charge >= 0.3 is 0 Å². The molecule has 0 saturated heterocycles. The third-order valence-corrected chi connectivity index (χ3v) is 5.81. The number of benzene rings is 2. The minimum absolute atomic E-state index is 0.0555. The van der Waals surface area contributed by atoms with Gasteiger partial charge in [-0.2, -0.15) is 4.31 Å². The van der Waals surface area contributed by atoms with Crippen molar-refractivity contribution in [3.8, 4) is 0 Å². The molecule has 0 aliphatic rings. The SMILES string of the molecule is C=CCN(Cc1ccc(C(=O)NC(C)C)cc1)S(=O)(=O)c1ccc(C)cc1. The van der Waals surface area contributed by atoms with Crippen molar-refractivity contribution in [3.63, 3.8) is 0 Å². The second-order valence-electron chi connectivity index (χ2n) is 6.72. The van der Waals surface area contributed by atoms with E-state index in [4.69, 9.17) is 0 Å². The van der Waals surface area contributed by atoms with E-state index in [2.05, 4.69) is 11.9 Å². The summed E-state index contributed by atoms with van der Waals surface area (Å²) in [6.45, 7) is 9.78. The van der Waals surface area contributed by atoms with Crippen LogP contribution in [0.25, 0.3) is 0 Å². The Labute approximate surface area is 161 Å². The van der Waals surface area contributed by atoms with Crippen LogP contribution in [0.5, 0.6) is 0 Å². The van der Waals surface area contributed by atoms with Crippen LogP contribution in [0.1, 0.15) is 35.3 Å².